The summed E-state index contributed by atoms with van der Waals surface area (Å²) in [4.78, 5) is 6.63. The minimum Gasteiger partial charge on any atom is -0.404 e. The van der Waals surface area contributed by atoms with Crippen LogP contribution in [0.4, 0.5) is 18.9 Å². The number of aliphatic imine (C=N–C) groups is 1. The molecule has 1 saturated heterocycles. The van der Waals surface area contributed by atoms with Crippen LogP contribution in [0.5, 0.6) is 5.75 Å². The fourth-order valence-corrected chi connectivity index (χ4v) is 2.93. The summed E-state index contributed by atoms with van der Waals surface area (Å²) in [7, 11) is 0. The van der Waals surface area contributed by atoms with Gasteiger partial charge in [0.25, 0.3) is 0 Å². The molecular weight excluding hydrogens is 460 g/mol. The highest BCUT2D eigenvalue weighted by Gasteiger charge is 2.32. The fourth-order valence-electron chi connectivity index (χ4n) is 2.93. The first-order valence-corrected chi connectivity index (χ1v) is 8.40. The van der Waals surface area contributed by atoms with Crippen molar-refractivity contribution in [2.45, 2.75) is 39.1 Å². The Balaban J connectivity index is 0.00000338. The van der Waals surface area contributed by atoms with Gasteiger partial charge in [0.2, 0.25) is 0 Å². The number of piperidine rings is 1. The maximum Gasteiger partial charge on any atom is 0.573 e. The van der Waals surface area contributed by atoms with E-state index in [9.17, 15) is 13.2 Å². The van der Waals surface area contributed by atoms with E-state index in [0.717, 1.165) is 13.1 Å². The Kier molecular flexibility index (Phi) is 8.94. The van der Waals surface area contributed by atoms with Gasteiger partial charge < -0.3 is 15.8 Å². The Morgan fingerprint density at radius 1 is 1.42 bits per heavy atom. The standard InChI is InChI=1S/C17H25F3N4O.HI/c1-12-6-5-9-24(11-12)13(2)10-22-16(21)23-14-7-3-4-8-15(14)25-17(18,19)20;/h3-4,7-8,12-13H,5-6,9-11H2,1-2H3,(H3,21,22,23);1H. The molecule has 0 bridgehead atoms. The molecule has 0 radical (unpaired) electrons. The highest BCUT2D eigenvalue weighted by Crippen LogP contribution is 2.29. The van der Waals surface area contributed by atoms with Gasteiger partial charge in [-0.1, -0.05) is 19.1 Å². The number of guanidine groups is 1. The number of hydrogen-bond donors (Lipinski definition) is 2. The second-order valence-corrected chi connectivity index (χ2v) is 6.49. The molecule has 2 unspecified atom stereocenters. The topological polar surface area (TPSA) is 62.9 Å². The zero-order valence-electron chi connectivity index (χ0n) is 14.9. The van der Waals surface area contributed by atoms with Crippen LogP contribution in [-0.4, -0.2) is 42.9 Å². The van der Waals surface area contributed by atoms with Gasteiger partial charge in [-0.25, -0.2) is 0 Å². The highest BCUT2D eigenvalue weighted by molar-refractivity contribution is 14.0. The zero-order chi connectivity index (χ0) is 18.4. The number of nitrogens with zero attached hydrogens (tertiary/aromatic N) is 2. The van der Waals surface area contributed by atoms with Gasteiger partial charge in [0, 0.05) is 12.6 Å². The third-order valence-electron chi connectivity index (χ3n) is 4.21. The quantitative estimate of drug-likeness (QED) is 0.375. The lowest BCUT2D eigenvalue weighted by molar-refractivity contribution is -0.274. The van der Waals surface area contributed by atoms with Crippen molar-refractivity contribution in [1.29, 1.82) is 0 Å². The van der Waals surface area contributed by atoms with Gasteiger partial charge in [-0.05, 0) is 44.4 Å². The predicted molar refractivity (Wildman–Crippen MR) is 108 cm³/mol. The van der Waals surface area contributed by atoms with Crippen molar-refractivity contribution in [3.05, 3.63) is 24.3 Å². The van der Waals surface area contributed by atoms with E-state index in [4.69, 9.17) is 5.73 Å². The summed E-state index contributed by atoms with van der Waals surface area (Å²) in [6.07, 6.45) is -2.35. The molecule has 1 fully saturated rings. The Hall–Kier alpha value is -1.23. The number of ether oxygens (including phenoxy) is 1. The summed E-state index contributed by atoms with van der Waals surface area (Å²) < 4.78 is 41.3. The molecule has 0 amide bonds. The van der Waals surface area contributed by atoms with Crippen LogP contribution in [0, 0.1) is 5.92 Å². The second kappa shape index (κ2) is 10.2. The van der Waals surface area contributed by atoms with Gasteiger partial charge in [0.05, 0.1) is 12.2 Å². The van der Waals surface area contributed by atoms with Crippen LogP contribution in [0.25, 0.3) is 0 Å². The summed E-state index contributed by atoms with van der Waals surface area (Å²) in [5, 5.41) is 2.68. The van der Waals surface area contributed by atoms with Gasteiger partial charge in [-0.3, -0.25) is 9.89 Å². The van der Waals surface area contributed by atoms with Crippen LogP contribution in [0.3, 0.4) is 0 Å². The van der Waals surface area contributed by atoms with Crippen molar-refractivity contribution < 1.29 is 17.9 Å². The monoisotopic (exact) mass is 486 g/mol. The van der Waals surface area contributed by atoms with Gasteiger partial charge >= 0.3 is 6.36 Å². The largest absolute Gasteiger partial charge is 0.573 e. The Morgan fingerprint density at radius 3 is 2.77 bits per heavy atom. The third-order valence-corrected chi connectivity index (χ3v) is 4.21. The average molecular weight is 486 g/mol. The smallest absolute Gasteiger partial charge is 0.404 e. The van der Waals surface area contributed by atoms with Crippen LogP contribution in [0.15, 0.2) is 29.3 Å². The zero-order valence-corrected chi connectivity index (χ0v) is 17.3. The van der Waals surface area contributed by atoms with Gasteiger partial charge in [-0.15, -0.1) is 37.1 Å². The van der Waals surface area contributed by atoms with E-state index in [0.29, 0.717) is 12.5 Å². The van der Waals surface area contributed by atoms with E-state index < -0.39 is 6.36 Å². The first kappa shape index (κ1) is 22.8. The first-order chi connectivity index (χ1) is 11.7. The summed E-state index contributed by atoms with van der Waals surface area (Å²) in [5.41, 5.74) is 5.95. The molecule has 9 heteroatoms. The molecule has 0 spiro atoms. The maximum absolute atomic E-state index is 12.4. The van der Waals surface area contributed by atoms with E-state index in [-0.39, 0.29) is 47.4 Å². The molecule has 148 valence electrons. The molecule has 1 aromatic rings. The number of alkyl halides is 3. The Labute approximate surface area is 169 Å². The minimum absolute atomic E-state index is 0. The molecular formula is C17H26F3IN4O. The van der Waals surface area contributed by atoms with Gasteiger partial charge in [-0.2, -0.15) is 0 Å². The molecule has 0 aromatic heterocycles. The minimum atomic E-state index is -4.76. The molecule has 0 saturated carbocycles. The molecule has 5 nitrogen and oxygen atoms in total. The number of halogens is 4. The van der Waals surface area contributed by atoms with Crippen LogP contribution >= 0.6 is 24.0 Å². The molecule has 26 heavy (non-hydrogen) atoms. The number of para-hydroxylation sites is 2. The molecule has 1 aliphatic rings. The Morgan fingerprint density at radius 2 is 2.12 bits per heavy atom. The Bertz CT molecular complexity index is 598. The molecule has 1 aromatic carbocycles. The lowest BCUT2D eigenvalue weighted by Crippen LogP contribution is -2.42. The molecule has 3 N–H and O–H groups in total. The van der Waals surface area contributed by atoms with Gasteiger partial charge in [0.1, 0.15) is 0 Å². The molecule has 2 atom stereocenters. The van der Waals surface area contributed by atoms with Crippen LogP contribution in [-0.2, 0) is 0 Å². The number of benzene rings is 1. The van der Waals surface area contributed by atoms with Gasteiger partial charge in [0.15, 0.2) is 11.7 Å². The van der Waals surface area contributed by atoms with Crippen molar-refractivity contribution in [1.82, 2.24) is 4.90 Å². The van der Waals surface area contributed by atoms with E-state index >= 15 is 0 Å². The van der Waals surface area contributed by atoms with Crippen molar-refractivity contribution in [3.63, 3.8) is 0 Å². The van der Waals surface area contributed by atoms with E-state index in [1.165, 1.54) is 31.0 Å². The van der Waals surface area contributed by atoms with Crippen molar-refractivity contribution >= 4 is 35.6 Å². The predicted octanol–water partition coefficient (Wildman–Crippen LogP) is 4.05. The average Bonchev–Trinajstić information content (AvgIpc) is 2.53. The summed E-state index contributed by atoms with van der Waals surface area (Å²) in [6.45, 7) is 6.86. The van der Waals surface area contributed by atoms with Crippen LogP contribution in [0.2, 0.25) is 0 Å². The molecule has 1 aliphatic heterocycles. The molecule has 1 heterocycles. The summed E-state index contributed by atoms with van der Waals surface area (Å²) >= 11 is 0. The van der Waals surface area contributed by atoms with Crippen molar-refractivity contribution in [2.75, 3.05) is 25.0 Å². The van der Waals surface area contributed by atoms with Crippen LogP contribution in [0.1, 0.15) is 26.7 Å². The van der Waals surface area contributed by atoms with E-state index in [1.54, 1.807) is 6.07 Å². The molecule has 2 rings (SSSR count). The number of nitrogens with two attached hydrogens (primary N) is 1. The van der Waals surface area contributed by atoms with Crippen molar-refractivity contribution in [3.8, 4) is 5.75 Å². The number of anilines is 1. The van der Waals surface area contributed by atoms with E-state index in [1.807, 2.05) is 0 Å². The summed E-state index contributed by atoms with van der Waals surface area (Å²) in [5.74, 6) is 0.392. The second-order valence-electron chi connectivity index (χ2n) is 6.49. The van der Waals surface area contributed by atoms with Crippen LogP contribution < -0.4 is 15.8 Å². The SMILES string of the molecule is CC1CCCN(C(C)CN=C(N)Nc2ccccc2OC(F)(F)F)C1.I. The third kappa shape index (κ3) is 7.56. The lowest BCUT2D eigenvalue weighted by atomic mass is 9.99. The fraction of sp³-hybridized carbons (Fsp3) is 0.588. The molecule has 0 aliphatic carbocycles. The normalized spacial score (nSPS) is 20.2. The lowest BCUT2D eigenvalue weighted by Gasteiger charge is -2.34. The van der Waals surface area contributed by atoms with Crippen molar-refractivity contribution in [2.24, 2.45) is 16.6 Å². The van der Waals surface area contributed by atoms with E-state index in [2.05, 4.69) is 33.8 Å². The number of hydrogen-bond acceptors (Lipinski definition) is 3. The maximum atomic E-state index is 12.4. The highest BCUT2D eigenvalue weighted by atomic mass is 127. The number of nitrogens with one attached hydrogen (secondary N) is 1. The number of rotatable bonds is 5. The number of likely N-dealkylation sites (tertiary alicyclic amines) is 1. The first-order valence-electron chi connectivity index (χ1n) is 8.40. The summed E-state index contributed by atoms with van der Waals surface area (Å²) in [6, 6.07) is 5.96.